The highest BCUT2D eigenvalue weighted by Gasteiger charge is 2.37. The molecule has 1 aromatic heterocycles. The van der Waals surface area contributed by atoms with Gasteiger partial charge in [-0.3, -0.25) is 9.36 Å². The van der Waals surface area contributed by atoms with Gasteiger partial charge in [0.1, 0.15) is 17.5 Å². The molecule has 1 aliphatic heterocycles. The highest BCUT2D eigenvalue weighted by atomic mass is 32.1. The summed E-state index contributed by atoms with van der Waals surface area (Å²) < 4.78 is 13.4. The standard InChI is InChI=1S/C34H37N3O5S/c1-6-12-25-30(33(40)42-9-4)31(29-24-14-11-10-13-21(24)16-18-27(29)41-5)37-32(39)28(43-34(37)35-25)19-22-15-17-23(20-26(22)38)36(7-2)8-3/h10-11,13-20,31,38H,6-9,12H2,1-5H3/b28-19-/t31-/m1/s1. The zero-order valence-electron chi connectivity index (χ0n) is 25.2. The number of nitrogens with zero attached hydrogens (tertiary/aromatic N) is 3. The molecule has 0 fully saturated rings. The summed E-state index contributed by atoms with van der Waals surface area (Å²) in [5.41, 5.74) is 2.76. The van der Waals surface area contributed by atoms with Crippen molar-refractivity contribution in [2.75, 3.05) is 31.7 Å². The summed E-state index contributed by atoms with van der Waals surface area (Å²) in [4.78, 5) is 35.4. The Balaban J connectivity index is 1.80. The molecule has 0 amide bonds. The zero-order chi connectivity index (χ0) is 30.7. The zero-order valence-corrected chi connectivity index (χ0v) is 26.0. The number of thiazole rings is 1. The van der Waals surface area contributed by atoms with E-state index in [-0.39, 0.29) is 17.9 Å². The van der Waals surface area contributed by atoms with E-state index in [0.717, 1.165) is 36.0 Å². The molecule has 0 unspecified atom stereocenters. The maximum Gasteiger partial charge on any atom is 0.338 e. The number of benzene rings is 3. The molecule has 0 radical (unpaired) electrons. The van der Waals surface area contributed by atoms with E-state index >= 15 is 0 Å². The molecule has 0 bridgehead atoms. The third-order valence-corrected chi connectivity index (χ3v) is 8.73. The van der Waals surface area contributed by atoms with E-state index in [0.29, 0.717) is 43.9 Å². The Bertz CT molecular complexity index is 1880. The van der Waals surface area contributed by atoms with E-state index in [1.165, 1.54) is 11.3 Å². The Morgan fingerprint density at radius 2 is 1.86 bits per heavy atom. The number of aromatic nitrogens is 1. The molecule has 8 nitrogen and oxygen atoms in total. The summed E-state index contributed by atoms with van der Waals surface area (Å²) in [5.74, 6) is 0.137. The fourth-order valence-corrected chi connectivity index (χ4v) is 6.72. The average molecular weight is 600 g/mol. The molecular weight excluding hydrogens is 562 g/mol. The van der Waals surface area contributed by atoms with Gasteiger partial charge in [-0.05, 0) is 62.2 Å². The number of hydrogen-bond donors (Lipinski definition) is 1. The van der Waals surface area contributed by atoms with Crippen LogP contribution in [0.5, 0.6) is 11.5 Å². The summed E-state index contributed by atoms with van der Waals surface area (Å²) >= 11 is 1.24. The summed E-state index contributed by atoms with van der Waals surface area (Å²) in [6, 6.07) is 16.3. The van der Waals surface area contributed by atoms with Crippen molar-refractivity contribution < 1.29 is 19.4 Å². The number of hydrogen-bond acceptors (Lipinski definition) is 8. The van der Waals surface area contributed by atoms with Gasteiger partial charge in [-0.25, -0.2) is 9.79 Å². The molecule has 0 spiro atoms. The molecule has 0 saturated carbocycles. The van der Waals surface area contributed by atoms with Gasteiger partial charge in [-0.1, -0.05) is 55.0 Å². The second-order valence-corrected chi connectivity index (χ2v) is 11.2. The number of methoxy groups -OCH3 is 1. The summed E-state index contributed by atoms with van der Waals surface area (Å²) in [6.07, 6.45) is 2.98. The minimum atomic E-state index is -0.821. The molecule has 1 atom stereocenters. The maximum atomic E-state index is 14.3. The number of phenols is 1. The SMILES string of the molecule is CCCC1=C(C(=O)OCC)[C@@H](c2c(OC)ccc3ccccc23)n2c(s/c(=C\c3ccc(N(CC)CC)cc3O)c2=O)=N1. The second kappa shape index (κ2) is 12.9. The predicted molar refractivity (Wildman–Crippen MR) is 172 cm³/mol. The highest BCUT2D eigenvalue weighted by molar-refractivity contribution is 7.07. The van der Waals surface area contributed by atoms with Crippen molar-refractivity contribution in [1.29, 1.82) is 0 Å². The topological polar surface area (TPSA) is 93.4 Å². The number of carbonyl (C=O) groups is 1. The largest absolute Gasteiger partial charge is 0.507 e. The number of carbonyl (C=O) groups excluding carboxylic acids is 1. The summed E-state index contributed by atoms with van der Waals surface area (Å²) in [5, 5.41) is 12.7. The average Bonchev–Trinajstić information content (AvgIpc) is 3.32. The Morgan fingerprint density at radius 1 is 1.09 bits per heavy atom. The molecule has 0 aliphatic carbocycles. The van der Waals surface area contributed by atoms with Crippen LogP contribution in [-0.2, 0) is 9.53 Å². The van der Waals surface area contributed by atoms with Crippen molar-refractivity contribution in [3.05, 3.63) is 96.7 Å². The number of rotatable bonds is 10. The first kappa shape index (κ1) is 30.1. The second-order valence-electron chi connectivity index (χ2n) is 10.2. The van der Waals surface area contributed by atoms with Crippen molar-refractivity contribution >= 4 is 39.8 Å². The van der Waals surface area contributed by atoms with Crippen LogP contribution in [-0.4, -0.2) is 42.4 Å². The van der Waals surface area contributed by atoms with Crippen molar-refractivity contribution in [3.63, 3.8) is 0 Å². The van der Waals surface area contributed by atoms with Crippen molar-refractivity contribution in [1.82, 2.24) is 4.57 Å². The normalized spacial score (nSPS) is 14.9. The Labute approximate surface area is 254 Å². The van der Waals surface area contributed by atoms with Gasteiger partial charge in [0.2, 0.25) is 0 Å². The third kappa shape index (κ3) is 5.57. The molecule has 3 aromatic carbocycles. The molecule has 2 heterocycles. The maximum absolute atomic E-state index is 14.3. The summed E-state index contributed by atoms with van der Waals surface area (Å²) in [7, 11) is 1.59. The van der Waals surface area contributed by atoms with Gasteiger partial charge in [0.25, 0.3) is 5.56 Å². The van der Waals surface area contributed by atoms with Crippen LogP contribution in [0.4, 0.5) is 5.69 Å². The minimum Gasteiger partial charge on any atom is -0.507 e. The van der Waals surface area contributed by atoms with Crippen LogP contribution in [0.1, 0.15) is 57.7 Å². The van der Waals surface area contributed by atoms with Crippen LogP contribution >= 0.6 is 11.3 Å². The number of allylic oxidation sites excluding steroid dienone is 1. The van der Waals surface area contributed by atoms with Gasteiger partial charge in [0, 0.05) is 36.0 Å². The lowest BCUT2D eigenvalue weighted by molar-refractivity contribution is -0.139. The number of fused-ring (bicyclic) bond motifs is 2. The Hall–Kier alpha value is -4.37. The first-order valence-corrected chi connectivity index (χ1v) is 15.5. The molecule has 1 N–H and O–H groups in total. The molecule has 0 saturated heterocycles. The molecule has 4 aromatic rings. The third-order valence-electron chi connectivity index (χ3n) is 7.75. The quantitative estimate of drug-likeness (QED) is 0.249. The molecule has 5 rings (SSSR count). The molecular formula is C34H37N3O5S. The van der Waals surface area contributed by atoms with Gasteiger partial charge in [-0.2, -0.15) is 0 Å². The van der Waals surface area contributed by atoms with Crippen LogP contribution < -0.4 is 24.5 Å². The lowest BCUT2D eigenvalue weighted by Crippen LogP contribution is -2.40. The van der Waals surface area contributed by atoms with Crippen molar-refractivity contribution in [3.8, 4) is 11.5 Å². The fraction of sp³-hybridized carbons (Fsp3) is 0.324. The van der Waals surface area contributed by atoms with Gasteiger partial charge >= 0.3 is 5.97 Å². The number of ether oxygens (including phenoxy) is 2. The van der Waals surface area contributed by atoms with Crippen molar-refractivity contribution in [2.45, 2.75) is 46.6 Å². The highest BCUT2D eigenvalue weighted by Crippen LogP contribution is 2.41. The lowest BCUT2D eigenvalue weighted by atomic mass is 9.90. The van der Waals surface area contributed by atoms with Gasteiger partial charge in [-0.15, -0.1) is 0 Å². The number of esters is 1. The minimum absolute atomic E-state index is 0.0846. The van der Waals surface area contributed by atoms with Crippen LogP contribution in [0.2, 0.25) is 0 Å². The van der Waals surface area contributed by atoms with E-state index in [2.05, 4.69) is 18.7 Å². The fourth-order valence-electron chi connectivity index (χ4n) is 5.71. The Kier molecular flexibility index (Phi) is 9.01. The summed E-state index contributed by atoms with van der Waals surface area (Å²) in [6.45, 7) is 9.73. The van der Waals surface area contributed by atoms with Gasteiger partial charge < -0.3 is 19.5 Å². The van der Waals surface area contributed by atoms with E-state index in [1.807, 2.05) is 55.5 Å². The van der Waals surface area contributed by atoms with Gasteiger partial charge in [0.05, 0.1) is 29.5 Å². The Morgan fingerprint density at radius 3 is 2.53 bits per heavy atom. The number of aromatic hydroxyl groups is 1. The molecule has 224 valence electrons. The van der Waals surface area contributed by atoms with Crippen molar-refractivity contribution in [2.24, 2.45) is 4.99 Å². The lowest BCUT2D eigenvalue weighted by Gasteiger charge is -2.28. The first-order valence-electron chi connectivity index (χ1n) is 14.7. The van der Waals surface area contributed by atoms with E-state index in [4.69, 9.17) is 14.5 Å². The molecule has 1 aliphatic rings. The first-order chi connectivity index (χ1) is 20.9. The van der Waals surface area contributed by atoms with E-state index < -0.39 is 12.0 Å². The number of phenolic OH excluding ortho intramolecular Hbond substituents is 1. The monoisotopic (exact) mass is 599 g/mol. The van der Waals surface area contributed by atoms with Gasteiger partial charge in [0.15, 0.2) is 4.80 Å². The molecule has 43 heavy (non-hydrogen) atoms. The van der Waals surface area contributed by atoms with E-state index in [9.17, 15) is 14.7 Å². The smallest absolute Gasteiger partial charge is 0.338 e. The van der Waals surface area contributed by atoms with Crippen LogP contribution in [0.3, 0.4) is 0 Å². The van der Waals surface area contributed by atoms with Crippen LogP contribution in [0, 0.1) is 0 Å². The molecule has 9 heteroatoms. The van der Waals surface area contributed by atoms with E-state index in [1.54, 1.807) is 30.7 Å². The van der Waals surface area contributed by atoms with Crippen LogP contribution in [0.15, 0.2) is 75.7 Å². The predicted octanol–water partition coefficient (Wildman–Crippen LogP) is 5.29. The number of anilines is 1. The van der Waals surface area contributed by atoms with Crippen LogP contribution in [0.25, 0.3) is 16.8 Å².